The normalized spacial score (nSPS) is 17.0. The van der Waals surface area contributed by atoms with Crippen LogP contribution >= 0.6 is 15.9 Å². The molecule has 0 saturated heterocycles. The summed E-state index contributed by atoms with van der Waals surface area (Å²) in [7, 11) is 1.86. The minimum absolute atomic E-state index is 0.304. The predicted molar refractivity (Wildman–Crippen MR) is 92.4 cm³/mol. The molecule has 0 aliphatic carbocycles. The predicted octanol–water partition coefficient (Wildman–Crippen LogP) is 2.97. The Balaban J connectivity index is 2.36. The van der Waals surface area contributed by atoms with E-state index in [0.717, 1.165) is 4.61 Å². The molecule has 1 aromatic heterocycles. The van der Waals surface area contributed by atoms with E-state index in [-0.39, 0.29) is 6.04 Å². The highest BCUT2D eigenvalue weighted by molar-refractivity contribution is 9.11. The van der Waals surface area contributed by atoms with Crippen LogP contribution in [0.5, 0.6) is 0 Å². The molecule has 24 heavy (non-hydrogen) atoms. The van der Waals surface area contributed by atoms with Gasteiger partial charge in [0.05, 0.1) is 40.7 Å². The molecule has 6 nitrogen and oxygen atoms in total. The fourth-order valence-corrected chi connectivity index (χ4v) is 2.74. The van der Waals surface area contributed by atoms with Crippen LogP contribution in [0.4, 0.5) is 0 Å². The van der Waals surface area contributed by atoms with E-state index in [0.29, 0.717) is 30.0 Å². The number of ether oxygens (including phenoxy) is 2. The van der Waals surface area contributed by atoms with Crippen LogP contribution in [-0.2, 0) is 14.3 Å². The lowest BCUT2D eigenvalue weighted by Crippen LogP contribution is -2.26. The van der Waals surface area contributed by atoms with E-state index < -0.39 is 11.9 Å². The Morgan fingerprint density at radius 2 is 1.92 bits per heavy atom. The lowest BCUT2D eigenvalue weighted by atomic mass is 10.0. The molecule has 0 fully saturated rings. The van der Waals surface area contributed by atoms with Gasteiger partial charge in [0.2, 0.25) is 0 Å². The highest BCUT2D eigenvalue weighted by Crippen LogP contribution is 2.32. The summed E-state index contributed by atoms with van der Waals surface area (Å²) < 4.78 is 10.8. The Kier molecular flexibility index (Phi) is 6.14. The maximum atomic E-state index is 12.0. The molecule has 0 N–H and O–H groups in total. The average Bonchev–Trinajstić information content (AvgIpc) is 2.57. The van der Waals surface area contributed by atoms with Gasteiger partial charge in [0.25, 0.3) is 0 Å². The number of rotatable bonds is 5. The lowest BCUT2D eigenvalue weighted by Gasteiger charge is -2.30. The second-order valence-electron chi connectivity index (χ2n) is 5.06. The molecular formula is C17H19BrN2O4. The molecule has 0 aromatic carbocycles. The number of hydrogen-bond acceptors (Lipinski definition) is 6. The highest BCUT2D eigenvalue weighted by atomic mass is 79.9. The maximum absolute atomic E-state index is 12.0. The summed E-state index contributed by atoms with van der Waals surface area (Å²) in [5.74, 6) is -0.794. The van der Waals surface area contributed by atoms with Crippen molar-refractivity contribution in [2.75, 3.05) is 20.3 Å². The van der Waals surface area contributed by atoms with Gasteiger partial charge < -0.3 is 14.4 Å². The number of likely N-dealkylation sites (N-methyl/N-ethyl adjacent to an activating group) is 1. The van der Waals surface area contributed by atoms with Crippen molar-refractivity contribution in [3.05, 3.63) is 51.9 Å². The number of aromatic nitrogens is 1. The summed E-state index contributed by atoms with van der Waals surface area (Å²) in [5.41, 5.74) is 1.50. The summed E-state index contributed by atoms with van der Waals surface area (Å²) in [6.07, 6.45) is 5.02. The van der Waals surface area contributed by atoms with Gasteiger partial charge in [-0.05, 0) is 54.1 Å². The van der Waals surface area contributed by atoms with E-state index in [9.17, 15) is 9.59 Å². The van der Waals surface area contributed by atoms with E-state index in [1.807, 2.05) is 11.9 Å². The number of halogens is 1. The van der Waals surface area contributed by atoms with Crippen LogP contribution in [0.2, 0.25) is 0 Å². The zero-order valence-corrected chi connectivity index (χ0v) is 15.4. The number of nitrogens with zero attached hydrogens (tertiary/aromatic N) is 2. The van der Waals surface area contributed by atoms with Crippen molar-refractivity contribution in [2.45, 2.75) is 19.9 Å². The molecule has 1 aromatic rings. The first-order valence-corrected chi connectivity index (χ1v) is 8.39. The van der Waals surface area contributed by atoms with Crippen LogP contribution in [0, 0.1) is 0 Å². The van der Waals surface area contributed by atoms with Gasteiger partial charge in [-0.25, -0.2) is 9.59 Å². The van der Waals surface area contributed by atoms with E-state index in [1.165, 1.54) is 0 Å². The van der Waals surface area contributed by atoms with Crippen molar-refractivity contribution in [3.63, 3.8) is 0 Å². The molecule has 0 bridgehead atoms. The summed E-state index contributed by atoms with van der Waals surface area (Å²) in [5, 5.41) is 0. The second-order valence-corrected chi connectivity index (χ2v) is 5.87. The standard InChI is InChI=1S/C17H19BrN2O4/c1-4-23-16(21)11-6-7-19-13(8-11)14-9-12(17(22)24-5-2)10-15(18)20(14)3/h6-10,14H,4-5H2,1-3H3. The van der Waals surface area contributed by atoms with Gasteiger partial charge in [-0.1, -0.05) is 0 Å². The summed E-state index contributed by atoms with van der Waals surface area (Å²) in [4.78, 5) is 30.2. The molecule has 128 valence electrons. The summed E-state index contributed by atoms with van der Waals surface area (Å²) >= 11 is 3.44. The van der Waals surface area contributed by atoms with Crippen LogP contribution in [0.15, 0.2) is 40.7 Å². The lowest BCUT2D eigenvalue weighted by molar-refractivity contribution is -0.138. The highest BCUT2D eigenvalue weighted by Gasteiger charge is 2.25. The van der Waals surface area contributed by atoms with Gasteiger partial charge in [0.1, 0.15) is 0 Å². The van der Waals surface area contributed by atoms with Crippen molar-refractivity contribution >= 4 is 27.9 Å². The molecule has 0 saturated carbocycles. The molecular weight excluding hydrogens is 376 g/mol. The van der Waals surface area contributed by atoms with Crippen LogP contribution in [0.25, 0.3) is 0 Å². The van der Waals surface area contributed by atoms with Crippen LogP contribution in [0.1, 0.15) is 35.9 Å². The zero-order chi connectivity index (χ0) is 17.7. The third kappa shape index (κ3) is 4.03. The molecule has 1 atom stereocenters. The Hall–Kier alpha value is -2.15. The number of esters is 2. The van der Waals surface area contributed by atoms with Gasteiger partial charge in [-0.3, -0.25) is 4.98 Å². The third-order valence-corrected chi connectivity index (χ3v) is 4.26. The first-order valence-electron chi connectivity index (χ1n) is 7.60. The number of carbonyl (C=O) groups is 2. The van der Waals surface area contributed by atoms with Crippen molar-refractivity contribution in [2.24, 2.45) is 0 Å². The van der Waals surface area contributed by atoms with Crippen LogP contribution in [0.3, 0.4) is 0 Å². The third-order valence-electron chi connectivity index (χ3n) is 3.47. The molecule has 0 amide bonds. The largest absolute Gasteiger partial charge is 0.462 e. The minimum atomic E-state index is -0.399. The van der Waals surface area contributed by atoms with Gasteiger partial charge in [-0.2, -0.15) is 0 Å². The van der Waals surface area contributed by atoms with Gasteiger partial charge in [-0.15, -0.1) is 0 Å². The Labute approximate surface area is 149 Å². The van der Waals surface area contributed by atoms with Crippen LogP contribution < -0.4 is 0 Å². The molecule has 0 radical (unpaired) electrons. The van der Waals surface area contributed by atoms with Crippen LogP contribution in [-0.4, -0.2) is 42.1 Å². The molecule has 7 heteroatoms. The Morgan fingerprint density at radius 3 is 2.58 bits per heavy atom. The average molecular weight is 395 g/mol. The van der Waals surface area contributed by atoms with Crippen molar-refractivity contribution < 1.29 is 19.1 Å². The zero-order valence-electron chi connectivity index (χ0n) is 13.8. The minimum Gasteiger partial charge on any atom is -0.462 e. The Bertz CT molecular complexity index is 700. The van der Waals surface area contributed by atoms with E-state index >= 15 is 0 Å². The fourth-order valence-electron chi connectivity index (χ4n) is 2.27. The number of pyridine rings is 1. The van der Waals surface area contributed by atoms with Crippen molar-refractivity contribution in [3.8, 4) is 0 Å². The molecule has 1 aliphatic rings. The molecule has 1 unspecified atom stereocenters. The Morgan fingerprint density at radius 1 is 1.25 bits per heavy atom. The first kappa shape index (κ1) is 18.2. The first-order chi connectivity index (χ1) is 11.5. The summed E-state index contributed by atoms with van der Waals surface area (Å²) in [6.45, 7) is 4.12. The molecule has 0 spiro atoms. The second kappa shape index (κ2) is 8.10. The van der Waals surface area contributed by atoms with Gasteiger partial charge in [0.15, 0.2) is 0 Å². The topological polar surface area (TPSA) is 68.7 Å². The van der Waals surface area contributed by atoms with E-state index in [2.05, 4.69) is 20.9 Å². The van der Waals surface area contributed by atoms with Gasteiger partial charge in [0, 0.05) is 13.2 Å². The molecule has 1 aliphatic heterocycles. The summed E-state index contributed by atoms with van der Waals surface area (Å²) in [6, 6.07) is 2.97. The molecule has 2 rings (SSSR count). The molecule has 2 heterocycles. The fraction of sp³-hybridized carbons (Fsp3) is 0.353. The SMILES string of the molecule is CCOC(=O)C1=CC(c2cc(C(=O)OCC)ccn2)N(C)C(Br)=C1. The van der Waals surface area contributed by atoms with Crippen molar-refractivity contribution in [1.29, 1.82) is 0 Å². The van der Waals surface area contributed by atoms with E-state index in [1.54, 1.807) is 44.3 Å². The number of carbonyl (C=O) groups excluding carboxylic acids is 2. The van der Waals surface area contributed by atoms with Gasteiger partial charge >= 0.3 is 11.9 Å². The van der Waals surface area contributed by atoms with E-state index in [4.69, 9.17) is 9.47 Å². The maximum Gasteiger partial charge on any atom is 0.338 e. The smallest absolute Gasteiger partial charge is 0.338 e. The van der Waals surface area contributed by atoms with Crippen molar-refractivity contribution in [1.82, 2.24) is 9.88 Å². The monoisotopic (exact) mass is 394 g/mol. The quantitative estimate of drug-likeness (QED) is 0.564. The number of hydrogen-bond donors (Lipinski definition) is 0.